The SMILES string of the molecule is CN1C(c2ccccc2)=NC(c2ccccc2)N(C)C1c1cc(BOC(C)(C)C(C)(C)O)ccc1F. The van der Waals surface area contributed by atoms with Crippen molar-refractivity contribution in [2.24, 2.45) is 4.99 Å². The van der Waals surface area contributed by atoms with E-state index in [1.807, 2.05) is 87.4 Å². The van der Waals surface area contributed by atoms with Gasteiger partial charge in [0.25, 0.3) is 0 Å². The van der Waals surface area contributed by atoms with E-state index < -0.39 is 17.4 Å². The summed E-state index contributed by atoms with van der Waals surface area (Å²) in [6.45, 7) is 7.16. The lowest BCUT2D eigenvalue weighted by molar-refractivity contribution is -0.0893. The number of nitrogens with zero attached hydrogens (tertiary/aromatic N) is 3. The van der Waals surface area contributed by atoms with Gasteiger partial charge in [-0.15, -0.1) is 0 Å². The van der Waals surface area contributed by atoms with Gasteiger partial charge in [-0.05, 0) is 46.4 Å². The summed E-state index contributed by atoms with van der Waals surface area (Å²) in [4.78, 5) is 9.22. The molecule has 1 N–H and O–H groups in total. The molecule has 36 heavy (non-hydrogen) atoms. The average molecular weight is 487 g/mol. The van der Waals surface area contributed by atoms with Crippen LogP contribution in [0.3, 0.4) is 0 Å². The summed E-state index contributed by atoms with van der Waals surface area (Å²) in [6.07, 6.45) is -0.679. The van der Waals surface area contributed by atoms with Gasteiger partial charge in [0.2, 0.25) is 0 Å². The molecule has 0 aromatic heterocycles. The monoisotopic (exact) mass is 487 g/mol. The molecule has 0 amide bonds. The molecule has 188 valence electrons. The van der Waals surface area contributed by atoms with Crippen molar-refractivity contribution in [1.82, 2.24) is 9.80 Å². The number of benzene rings is 3. The van der Waals surface area contributed by atoms with Gasteiger partial charge in [0, 0.05) is 18.2 Å². The first-order valence-corrected chi connectivity index (χ1v) is 12.3. The highest BCUT2D eigenvalue weighted by atomic mass is 19.1. The lowest BCUT2D eigenvalue weighted by Gasteiger charge is -2.45. The normalized spacial score (nSPS) is 19.2. The fraction of sp³-hybridized carbons (Fsp3) is 0.345. The second-order valence-corrected chi connectivity index (χ2v) is 10.5. The fourth-order valence-corrected chi connectivity index (χ4v) is 4.37. The Morgan fingerprint density at radius 2 is 1.53 bits per heavy atom. The first-order valence-electron chi connectivity index (χ1n) is 12.3. The maximum atomic E-state index is 15.4. The first kappa shape index (κ1) is 26.1. The first-order chi connectivity index (χ1) is 17.0. The Hall–Kier alpha value is -3.00. The molecule has 0 spiro atoms. The van der Waals surface area contributed by atoms with Gasteiger partial charge < -0.3 is 14.7 Å². The minimum atomic E-state index is -1.02. The van der Waals surface area contributed by atoms with E-state index in [2.05, 4.69) is 17.0 Å². The van der Waals surface area contributed by atoms with Crippen LogP contribution < -0.4 is 5.46 Å². The van der Waals surface area contributed by atoms with Crippen molar-refractivity contribution in [3.05, 3.63) is 101 Å². The largest absolute Gasteiger partial charge is 0.427 e. The van der Waals surface area contributed by atoms with E-state index in [4.69, 9.17) is 9.65 Å². The van der Waals surface area contributed by atoms with Crippen molar-refractivity contribution in [2.75, 3.05) is 14.1 Å². The second-order valence-electron chi connectivity index (χ2n) is 10.5. The van der Waals surface area contributed by atoms with Crippen LogP contribution in [0.4, 0.5) is 4.39 Å². The summed E-state index contributed by atoms with van der Waals surface area (Å²) < 4.78 is 21.5. The Bertz CT molecular complexity index is 1210. The molecule has 7 heteroatoms. The number of aliphatic imine (C=N–C) groups is 1. The van der Waals surface area contributed by atoms with E-state index in [9.17, 15) is 5.11 Å². The topological polar surface area (TPSA) is 48.3 Å². The standard InChI is InChI=1S/C29H35BFN3O2/c1-28(2,35)29(3,4)36-30-22-17-18-24(31)23(19-22)27-33(5)25(20-13-9-7-10-14-20)32-26(34(27)6)21-15-11-8-12-16-21/h7-19,25,27,30,35H,1-6H3. The van der Waals surface area contributed by atoms with Gasteiger partial charge in [0.1, 0.15) is 24.0 Å². The smallest absolute Gasteiger partial charge is 0.309 e. The summed E-state index contributed by atoms with van der Waals surface area (Å²) >= 11 is 0. The molecule has 1 aliphatic rings. The molecule has 0 saturated carbocycles. The zero-order valence-electron chi connectivity index (χ0n) is 21.9. The summed E-state index contributed by atoms with van der Waals surface area (Å²) in [5.41, 5.74) is 1.61. The van der Waals surface area contributed by atoms with Crippen LogP contribution in [-0.2, 0) is 4.65 Å². The van der Waals surface area contributed by atoms with Gasteiger partial charge in [-0.25, -0.2) is 9.38 Å². The number of aliphatic hydroxyl groups is 1. The Kier molecular flexibility index (Phi) is 7.37. The van der Waals surface area contributed by atoms with E-state index in [0.717, 1.165) is 22.4 Å². The summed E-state index contributed by atoms with van der Waals surface area (Å²) in [5.74, 6) is 0.516. The van der Waals surface area contributed by atoms with Crippen molar-refractivity contribution in [3.8, 4) is 0 Å². The van der Waals surface area contributed by atoms with Crippen LogP contribution >= 0.6 is 0 Å². The molecule has 2 atom stereocenters. The van der Waals surface area contributed by atoms with E-state index in [1.165, 1.54) is 6.07 Å². The van der Waals surface area contributed by atoms with Crippen LogP contribution in [-0.4, -0.2) is 53.5 Å². The highest BCUT2D eigenvalue weighted by Crippen LogP contribution is 2.38. The minimum Gasteiger partial charge on any atom is -0.427 e. The molecule has 0 bridgehead atoms. The third-order valence-electron chi connectivity index (χ3n) is 7.26. The highest BCUT2D eigenvalue weighted by Gasteiger charge is 2.38. The van der Waals surface area contributed by atoms with E-state index in [0.29, 0.717) is 5.56 Å². The third-order valence-corrected chi connectivity index (χ3v) is 7.26. The molecular weight excluding hydrogens is 452 g/mol. The quantitative estimate of drug-likeness (QED) is 0.503. The fourth-order valence-electron chi connectivity index (χ4n) is 4.37. The highest BCUT2D eigenvalue weighted by molar-refractivity contribution is 6.47. The average Bonchev–Trinajstić information content (AvgIpc) is 2.85. The predicted molar refractivity (Wildman–Crippen MR) is 145 cm³/mol. The Labute approximate surface area is 214 Å². The Balaban J connectivity index is 1.74. The van der Waals surface area contributed by atoms with E-state index in [1.54, 1.807) is 19.9 Å². The van der Waals surface area contributed by atoms with Crippen LogP contribution in [0.25, 0.3) is 0 Å². The lowest BCUT2D eigenvalue weighted by atomic mass is 9.81. The van der Waals surface area contributed by atoms with Crippen molar-refractivity contribution in [1.29, 1.82) is 0 Å². The maximum Gasteiger partial charge on any atom is 0.309 e. The van der Waals surface area contributed by atoms with Crippen LogP contribution in [0.5, 0.6) is 0 Å². The zero-order chi connectivity index (χ0) is 26.1. The van der Waals surface area contributed by atoms with E-state index >= 15 is 4.39 Å². The third kappa shape index (κ3) is 5.24. The molecule has 3 aromatic rings. The molecular formula is C29H35BFN3O2. The zero-order valence-corrected chi connectivity index (χ0v) is 21.9. The molecule has 1 aliphatic heterocycles. The maximum absolute atomic E-state index is 15.4. The molecule has 0 fully saturated rings. The summed E-state index contributed by atoms with van der Waals surface area (Å²) in [7, 11) is 4.19. The molecule has 0 saturated heterocycles. The number of hydrogen-bond donors (Lipinski definition) is 1. The van der Waals surface area contributed by atoms with Crippen LogP contribution in [0.15, 0.2) is 83.9 Å². The molecule has 3 aromatic carbocycles. The molecule has 5 nitrogen and oxygen atoms in total. The number of halogens is 1. The van der Waals surface area contributed by atoms with Gasteiger partial charge in [0.15, 0.2) is 0 Å². The van der Waals surface area contributed by atoms with Crippen molar-refractivity contribution in [3.63, 3.8) is 0 Å². The van der Waals surface area contributed by atoms with Crippen LogP contribution in [0.1, 0.15) is 56.7 Å². The van der Waals surface area contributed by atoms with Crippen molar-refractivity contribution in [2.45, 2.75) is 51.2 Å². The second kappa shape index (κ2) is 10.2. The summed E-state index contributed by atoms with van der Waals surface area (Å²) in [5, 5.41) is 10.5. The number of rotatable bonds is 7. The molecule has 0 radical (unpaired) electrons. The van der Waals surface area contributed by atoms with E-state index in [-0.39, 0.29) is 19.5 Å². The molecule has 4 rings (SSSR count). The number of amidine groups is 1. The summed E-state index contributed by atoms with van der Waals surface area (Å²) in [6, 6.07) is 25.2. The van der Waals surface area contributed by atoms with Gasteiger partial charge in [0.05, 0.1) is 11.2 Å². The van der Waals surface area contributed by atoms with Crippen LogP contribution in [0, 0.1) is 5.82 Å². The van der Waals surface area contributed by atoms with Gasteiger partial charge in [-0.1, -0.05) is 78.3 Å². The molecule has 2 unspecified atom stereocenters. The molecule has 0 aliphatic carbocycles. The van der Waals surface area contributed by atoms with Gasteiger partial charge >= 0.3 is 7.48 Å². The Morgan fingerprint density at radius 1 is 0.917 bits per heavy atom. The minimum absolute atomic E-state index is 0.256. The van der Waals surface area contributed by atoms with Crippen LogP contribution in [0.2, 0.25) is 0 Å². The van der Waals surface area contributed by atoms with Crippen molar-refractivity contribution < 1.29 is 14.2 Å². The number of hydrogen-bond acceptors (Lipinski definition) is 5. The van der Waals surface area contributed by atoms with Gasteiger partial charge in [-0.3, -0.25) is 4.90 Å². The Morgan fingerprint density at radius 3 is 2.14 bits per heavy atom. The van der Waals surface area contributed by atoms with Gasteiger partial charge in [-0.2, -0.15) is 0 Å². The lowest BCUT2D eigenvalue weighted by Crippen LogP contribution is -2.49. The predicted octanol–water partition coefficient (Wildman–Crippen LogP) is 4.39. The van der Waals surface area contributed by atoms with Crippen molar-refractivity contribution >= 4 is 18.8 Å². The molecule has 1 heterocycles.